The second-order valence-electron chi connectivity index (χ2n) is 5.89. The van der Waals surface area contributed by atoms with Gasteiger partial charge in [-0.25, -0.2) is 0 Å². The second kappa shape index (κ2) is 8.54. The number of thioether (sulfide) groups is 1. The van der Waals surface area contributed by atoms with Gasteiger partial charge in [0.05, 0.1) is 5.75 Å². The molecule has 0 atom stereocenters. The van der Waals surface area contributed by atoms with Crippen molar-refractivity contribution in [1.29, 1.82) is 0 Å². The van der Waals surface area contributed by atoms with Crippen LogP contribution in [0.4, 0.5) is 0 Å². The predicted molar refractivity (Wildman–Crippen MR) is 108 cm³/mol. The molecular weight excluding hydrogens is 372 g/mol. The maximum Gasteiger partial charge on any atom is 0.277 e. The monoisotopic (exact) mass is 388 g/mol. The minimum atomic E-state index is 0.0172. The largest absolute Gasteiger partial charge is 0.457 e. The molecular formula is C22H16N2O3S. The topological polar surface area (TPSA) is 65.2 Å². The molecule has 0 saturated heterocycles. The normalized spacial score (nSPS) is 10.6. The molecule has 6 heteroatoms. The van der Waals surface area contributed by atoms with Gasteiger partial charge in [0, 0.05) is 11.1 Å². The van der Waals surface area contributed by atoms with Crippen LogP contribution in [0.25, 0.3) is 11.5 Å². The van der Waals surface area contributed by atoms with Gasteiger partial charge in [-0.3, -0.25) is 4.79 Å². The van der Waals surface area contributed by atoms with Crippen LogP contribution in [-0.4, -0.2) is 21.7 Å². The average molecular weight is 388 g/mol. The number of rotatable bonds is 7. The Hall–Kier alpha value is -3.38. The number of Topliss-reactive ketones (excluding diaryl/α,β-unsaturated/α-hetero) is 1. The summed E-state index contributed by atoms with van der Waals surface area (Å²) in [6, 6.07) is 26.1. The number of ether oxygens (including phenoxy) is 1. The van der Waals surface area contributed by atoms with Gasteiger partial charge in [0.2, 0.25) is 5.89 Å². The standard InChI is InChI=1S/C22H16N2O3S/c25-20(16-8-3-1-4-9-16)15-28-22-24-23-21(27-22)17-10-7-13-19(14-17)26-18-11-5-2-6-12-18/h1-14H,15H2. The summed E-state index contributed by atoms with van der Waals surface area (Å²) in [6.45, 7) is 0. The van der Waals surface area contributed by atoms with Crippen LogP contribution in [0.1, 0.15) is 10.4 Å². The van der Waals surface area contributed by atoms with Crippen molar-refractivity contribution >= 4 is 17.5 Å². The number of carbonyl (C=O) groups is 1. The minimum Gasteiger partial charge on any atom is -0.457 e. The highest BCUT2D eigenvalue weighted by atomic mass is 32.2. The van der Waals surface area contributed by atoms with Crippen LogP contribution in [0.2, 0.25) is 0 Å². The van der Waals surface area contributed by atoms with E-state index in [1.54, 1.807) is 12.1 Å². The molecule has 3 aromatic carbocycles. The molecule has 28 heavy (non-hydrogen) atoms. The number of aromatic nitrogens is 2. The van der Waals surface area contributed by atoms with Gasteiger partial charge in [0.25, 0.3) is 5.22 Å². The first-order chi connectivity index (χ1) is 13.8. The van der Waals surface area contributed by atoms with Crippen LogP contribution in [0.5, 0.6) is 11.5 Å². The summed E-state index contributed by atoms with van der Waals surface area (Å²) in [7, 11) is 0. The number of carbonyl (C=O) groups excluding carboxylic acids is 1. The fourth-order valence-corrected chi connectivity index (χ4v) is 3.19. The molecule has 0 radical (unpaired) electrons. The van der Waals surface area contributed by atoms with Crippen molar-refractivity contribution in [3.63, 3.8) is 0 Å². The molecule has 0 bridgehead atoms. The molecule has 5 nitrogen and oxygen atoms in total. The molecule has 0 N–H and O–H groups in total. The van der Waals surface area contributed by atoms with Crippen molar-refractivity contribution < 1.29 is 13.9 Å². The summed E-state index contributed by atoms with van der Waals surface area (Å²) in [4.78, 5) is 12.2. The minimum absolute atomic E-state index is 0.0172. The number of hydrogen-bond acceptors (Lipinski definition) is 6. The molecule has 1 aromatic heterocycles. The lowest BCUT2D eigenvalue weighted by atomic mass is 10.2. The number of ketones is 1. The molecule has 4 aromatic rings. The van der Waals surface area contributed by atoms with E-state index in [1.807, 2.05) is 72.8 Å². The van der Waals surface area contributed by atoms with Gasteiger partial charge >= 0.3 is 0 Å². The van der Waals surface area contributed by atoms with Crippen molar-refractivity contribution in [3.05, 3.63) is 90.5 Å². The van der Waals surface area contributed by atoms with E-state index in [4.69, 9.17) is 9.15 Å². The Bertz CT molecular complexity index is 1070. The summed E-state index contributed by atoms with van der Waals surface area (Å²) < 4.78 is 11.5. The van der Waals surface area contributed by atoms with E-state index in [-0.39, 0.29) is 11.5 Å². The molecule has 0 saturated carbocycles. The van der Waals surface area contributed by atoms with Gasteiger partial charge in [0.15, 0.2) is 5.78 Å². The lowest BCUT2D eigenvalue weighted by molar-refractivity contribution is 0.102. The summed E-state index contributed by atoms with van der Waals surface area (Å²) in [6.07, 6.45) is 0. The Balaban J connectivity index is 1.43. The summed E-state index contributed by atoms with van der Waals surface area (Å²) in [5.41, 5.74) is 1.42. The molecule has 138 valence electrons. The van der Waals surface area contributed by atoms with E-state index < -0.39 is 0 Å². The summed E-state index contributed by atoms with van der Waals surface area (Å²) in [5, 5.41) is 8.46. The molecule has 4 rings (SSSR count). The summed E-state index contributed by atoms with van der Waals surface area (Å²) in [5.74, 6) is 2.07. The maximum absolute atomic E-state index is 12.2. The second-order valence-corrected chi connectivity index (χ2v) is 6.82. The van der Waals surface area contributed by atoms with Gasteiger partial charge in [-0.2, -0.15) is 0 Å². The zero-order chi connectivity index (χ0) is 19.2. The molecule has 0 aliphatic rings. The molecule has 1 heterocycles. The van der Waals surface area contributed by atoms with Crippen LogP contribution in [-0.2, 0) is 0 Å². The highest BCUT2D eigenvalue weighted by Crippen LogP contribution is 2.28. The van der Waals surface area contributed by atoms with Crippen LogP contribution in [0.15, 0.2) is 94.6 Å². The van der Waals surface area contributed by atoms with E-state index >= 15 is 0 Å². The number of benzene rings is 3. The fraction of sp³-hybridized carbons (Fsp3) is 0.0455. The lowest BCUT2D eigenvalue weighted by Crippen LogP contribution is -2.01. The highest BCUT2D eigenvalue weighted by molar-refractivity contribution is 7.99. The van der Waals surface area contributed by atoms with Gasteiger partial charge in [-0.15, -0.1) is 10.2 Å². The third kappa shape index (κ3) is 4.47. The van der Waals surface area contributed by atoms with Crippen LogP contribution < -0.4 is 4.74 Å². The van der Waals surface area contributed by atoms with Crippen LogP contribution in [0, 0.1) is 0 Å². The molecule has 0 aliphatic carbocycles. The first kappa shape index (κ1) is 18.0. The predicted octanol–water partition coefficient (Wildman–Crippen LogP) is 5.50. The first-order valence-corrected chi connectivity index (χ1v) is 9.64. The Labute approximate surface area is 166 Å². The Kier molecular flexibility index (Phi) is 5.49. The third-order valence-corrected chi connectivity index (χ3v) is 4.71. The average Bonchev–Trinajstić information content (AvgIpc) is 3.23. The Morgan fingerprint density at radius 2 is 1.57 bits per heavy atom. The molecule has 0 spiro atoms. The molecule has 0 fully saturated rings. The van der Waals surface area contributed by atoms with Crippen molar-refractivity contribution in [2.45, 2.75) is 5.22 Å². The van der Waals surface area contributed by atoms with Gasteiger partial charge in [-0.1, -0.05) is 66.4 Å². The van der Waals surface area contributed by atoms with Gasteiger partial charge in [0.1, 0.15) is 11.5 Å². The van der Waals surface area contributed by atoms with Crippen molar-refractivity contribution in [1.82, 2.24) is 10.2 Å². The summed E-state index contributed by atoms with van der Waals surface area (Å²) >= 11 is 1.22. The number of hydrogen-bond donors (Lipinski definition) is 0. The van der Waals surface area contributed by atoms with E-state index in [2.05, 4.69) is 10.2 Å². The van der Waals surface area contributed by atoms with E-state index in [0.717, 1.165) is 11.3 Å². The quantitative estimate of drug-likeness (QED) is 0.307. The molecule has 0 unspecified atom stereocenters. The van der Waals surface area contributed by atoms with Crippen molar-refractivity contribution in [2.24, 2.45) is 0 Å². The van der Waals surface area contributed by atoms with Crippen LogP contribution >= 0.6 is 11.8 Å². The van der Waals surface area contributed by atoms with E-state index in [9.17, 15) is 4.79 Å². The maximum atomic E-state index is 12.2. The van der Waals surface area contributed by atoms with Gasteiger partial charge in [-0.05, 0) is 30.3 Å². The van der Waals surface area contributed by atoms with Gasteiger partial charge < -0.3 is 9.15 Å². The Morgan fingerprint density at radius 1 is 0.857 bits per heavy atom. The van der Waals surface area contributed by atoms with E-state index in [0.29, 0.717) is 22.4 Å². The zero-order valence-electron chi connectivity index (χ0n) is 14.8. The van der Waals surface area contributed by atoms with Crippen molar-refractivity contribution in [2.75, 3.05) is 5.75 Å². The smallest absolute Gasteiger partial charge is 0.277 e. The van der Waals surface area contributed by atoms with Crippen LogP contribution in [0.3, 0.4) is 0 Å². The van der Waals surface area contributed by atoms with E-state index in [1.165, 1.54) is 11.8 Å². The fourth-order valence-electron chi connectivity index (χ4n) is 2.54. The highest BCUT2D eigenvalue weighted by Gasteiger charge is 2.13. The third-order valence-electron chi connectivity index (χ3n) is 3.89. The first-order valence-electron chi connectivity index (χ1n) is 8.66. The number of para-hydroxylation sites is 1. The lowest BCUT2D eigenvalue weighted by Gasteiger charge is -2.05. The number of nitrogens with zero attached hydrogens (tertiary/aromatic N) is 2. The van der Waals surface area contributed by atoms with Crippen molar-refractivity contribution in [3.8, 4) is 23.0 Å². The molecule has 0 aliphatic heterocycles. The molecule has 0 amide bonds. The SMILES string of the molecule is O=C(CSc1nnc(-c2cccc(Oc3ccccc3)c2)o1)c1ccccc1. The zero-order valence-corrected chi connectivity index (χ0v) is 15.6. The Morgan fingerprint density at radius 3 is 2.36 bits per heavy atom.